The summed E-state index contributed by atoms with van der Waals surface area (Å²) in [5.41, 5.74) is 2.72. The average Bonchev–Trinajstić information content (AvgIpc) is 2.17. The molecule has 14 heavy (non-hydrogen) atoms. The standard InChI is InChI=1S/C13H19N/c1-4-13(14-5-2)10-12-8-6-7-11(3)9-12/h5-9,13-14H,2,4,10H2,1,3H3. The van der Waals surface area contributed by atoms with Crippen molar-refractivity contribution in [3.63, 3.8) is 0 Å². The first-order valence-electron chi connectivity index (χ1n) is 5.18. The largest absolute Gasteiger partial charge is 0.388 e. The van der Waals surface area contributed by atoms with Crippen LogP contribution in [0.1, 0.15) is 24.5 Å². The fraction of sp³-hybridized carbons (Fsp3) is 0.385. The summed E-state index contributed by atoms with van der Waals surface area (Å²) >= 11 is 0. The molecular formula is C13H19N. The highest BCUT2D eigenvalue weighted by Crippen LogP contribution is 2.08. The van der Waals surface area contributed by atoms with Crippen molar-refractivity contribution in [2.75, 3.05) is 0 Å². The highest BCUT2D eigenvalue weighted by molar-refractivity contribution is 5.23. The van der Waals surface area contributed by atoms with E-state index < -0.39 is 0 Å². The van der Waals surface area contributed by atoms with Crippen molar-refractivity contribution < 1.29 is 0 Å². The summed E-state index contributed by atoms with van der Waals surface area (Å²) in [5.74, 6) is 0. The lowest BCUT2D eigenvalue weighted by Crippen LogP contribution is -2.25. The molecule has 1 nitrogen and oxygen atoms in total. The third-order valence-corrected chi connectivity index (χ3v) is 2.41. The molecule has 0 radical (unpaired) electrons. The van der Waals surface area contributed by atoms with Crippen molar-refractivity contribution in [2.45, 2.75) is 32.7 Å². The fourth-order valence-corrected chi connectivity index (χ4v) is 1.61. The molecular weight excluding hydrogens is 170 g/mol. The van der Waals surface area contributed by atoms with Gasteiger partial charge in [-0.3, -0.25) is 0 Å². The highest BCUT2D eigenvalue weighted by atomic mass is 14.9. The molecule has 1 atom stereocenters. The third kappa shape index (κ3) is 3.25. The van der Waals surface area contributed by atoms with E-state index in [1.165, 1.54) is 11.1 Å². The molecule has 1 rings (SSSR count). The van der Waals surface area contributed by atoms with Crippen molar-refractivity contribution in [1.82, 2.24) is 5.32 Å². The van der Waals surface area contributed by atoms with Crippen LogP contribution in [0.4, 0.5) is 0 Å². The number of nitrogens with one attached hydrogen (secondary N) is 1. The zero-order valence-corrected chi connectivity index (χ0v) is 9.09. The second kappa shape index (κ2) is 5.48. The van der Waals surface area contributed by atoms with E-state index in [9.17, 15) is 0 Å². The molecule has 0 saturated carbocycles. The lowest BCUT2D eigenvalue weighted by molar-refractivity contribution is 0.565. The van der Waals surface area contributed by atoms with Crippen molar-refractivity contribution in [2.24, 2.45) is 0 Å². The van der Waals surface area contributed by atoms with Crippen LogP contribution in [0.25, 0.3) is 0 Å². The Morgan fingerprint density at radius 1 is 1.50 bits per heavy atom. The van der Waals surface area contributed by atoms with E-state index in [0.717, 1.165) is 12.8 Å². The zero-order valence-electron chi connectivity index (χ0n) is 9.09. The van der Waals surface area contributed by atoms with Crippen LogP contribution in [0.3, 0.4) is 0 Å². The molecule has 0 amide bonds. The Labute approximate surface area is 86.8 Å². The Balaban J connectivity index is 2.61. The SMILES string of the molecule is C=CNC(CC)Cc1cccc(C)c1. The normalized spacial score (nSPS) is 12.1. The molecule has 1 unspecified atom stereocenters. The number of hydrogen-bond acceptors (Lipinski definition) is 1. The summed E-state index contributed by atoms with van der Waals surface area (Å²) in [7, 11) is 0. The van der Waals surface area contributed by atoms with Gasteiger partial charge in [-0.25, -0.2) is 0 Å². The number of hydrogen-bond donors (Lipinski definition) is 1. The maximum Gasteiger partial charge on any atom is 0.0293 e. The van der Waals surface area contributed by atoms with Crippen LogP contribution in [-0.2, 0) is 6.42 Å². The van der Waals surface area contributed by atoms with Gasteiger partial charge in [0.15, 0.2) is 0 Å². The predicted molar refractivity (Wildman–Crippen MR) is 62.3 cm³/mol. The van der Waals surface area contributed by atoms with E-state index in [1.807, 2.05) is 0 Å². The topological polar surface area (TPSA) is 12.0 Å². The van der Waals surface area contributed by atoms with Gasteiger partial charge in [-0.05, 0) is 31.5 Å². The van der Waals surface area contributed by atoms with Crippen LogP contribution in [-0.4, -0.2) is 6.04 Å². The van der Waals surface area contributed by atoms with E-state index in [-0.39, 0.29) is 0 Å². The summed E-state index contributed by atoms with van der Waals surface area (Å²) < 4.78 is 0. The first-order chi connectivity index (χ1) is 6.76. The third-order valence-electron chi connectivity index (χ3n) is 2.41. The van der Waals surface area contributed by atoms with E-state index in [4.69, 9.17) is 0 Å². The Morgan fingerprint density at radius 3 is 2.86 bits per heavy atom. The average molecular weight is 189 g/mol. The number of rotatable bonds is 5. The van der Waals surface area contributed by atoms with Crippen molar-refractivity contribution in [3.05, 3.63) is 48.2 Å². The predicted octanol–water partition coefficient (Wildman–Crippen LogP) is 3.05. The van der Waals surface area contributed by atoms with Gasteiger partial charge in [0.2, 0.25) is 0 Å². The van der Waals surface area contributed by atoms with Crippen LogP contribution in [0.5, 0.6) is 0 Å². The Hall–Kier alpha value is -1.24. The molecule has 0 aromatic heterocycles. The van der Waals surface area contributed by atoms with Gasteiger partial charge in [0.25, 0.3) is 0 Å². The van der Waals surface area contributed by atoms with Gasteiger partial charge in [0.05, 0.1) is 0 Å². The smallest absolute Gasteiger partial charge is 0.0293 e. The quantitative estimate of drug-likeness (QED) is 0.750. The van der Waals surface area contributed by atoms with Gasteiger partial charge < -0.3 is 5.32 Å². The Kier molecular flexibility index (Phi) is 4.24. The second-order valence-electron chi connectivity index (χ2n) is 3.67. The lowest BCUT2D eigenvalue weighted by atomic mass is 10.0. The minimum atomic E-state index is 0.509. The monoisotopic (exact) mass is 189 g/mol. The van der Waals surface area contributed by atoms with Crippen LogP contribution in [0, 0.1) is 6.92 Å². The van der Waals surface area contributed by atoms with Gasteiger partial charge in [-0.1, -0.05) is 43.3 Å². The molecule has 1 heteroatoms. The van der Waals surface area contributed by atoms with Gasteiger partial charge >= 0.3 is 0 Å². The number of benzene rings is 1. The van der Waals surface area contributed by atoms with Crippen molar-refractivity contribution in [3.8, 4) is 0 Å². The van der Waals surface area contributed by atoms with Crippen molar-refractivity contribution in [1.29, 1.82) is 0 Å². The highest BCUT2D eigenvalue weighted by Gasteiger charge is 2.04. The molecule has 0 aliphatic rings. The second-order valence-corrected chi connectivity index (χ2v) is 3.67. The zero-order chi connectivity index (χ0) is 10.4. The summed E-state index contributed by atoms with van der Waals surface area (Å²) in [5, 5.41) is 3.26. The minimum absolute atomic E-state index is 0.509. The molecule has 0 saturated heterocycles. The summed E-state index contributed by atoms with van der Waals surface area (Å²) in [6, 6.07) is 9.18. The van der Waals surface area contributed by atoms with Gasteiger partial charge in [-0.15, -0.1) is 0 Å². The van der Waals surface area contributed by atoms with Crippen LogP contribution < -0.4 is 5.32 Å². The molecule has 1 aromatic carbocycles. The summed E-state index contributed by atoms with van der Waals surface area (Å²) in [6.07, 6.45) is 3.98. The lowest BCUT2D eigenvalue weighted by Gasteiger charge is -2.15. The van der Waals surface area contributed by atoms with Gasteiger partial charge in [0.1, 0.15) is 0 Å². The van der Waals surface area contributed by atoms with Gasteiger partial charge in [-0.2, -0.15) is 0 Å². The summed E-state index contributed by atoms with van der Waals surface area (Å²) in [6.45, 7) is 8.02. The number of aryl methyl sites for hydroxylation is 1. The van der Waals surface area contributed by atoms with E-state index in [2.05, 4.69) is 50.0 Å². The van der Waals surface area contributed by atoms with Crippen molar-refractivity contribution >= 4 is 0 Å². The summed E-state index contributed by atoms with van der Waals surface area (Å²) in [4.78, 5) is 0. The minimum Gasteiger partial charge on any atom is -0.388 e. The fourth-order valence-electron chi connectivity index (χ4n) is 1.61. The maximum absolute atomic E-state index is 3.70. The molecule has 0 aliphatic carbocycles. The van der Waals surface area contributed by atoms with E-state index in [0.29, 0.717) is 6.04 Å². The molecule has 0 aliphatic heterocycles. The maximum atomic E-state index is 3.70. The molecule has 1 aromatic rings. The van der Waals surface area contributed by atoms with E-state index >= 15 is 0 Å². The molecule has 0 spiro atoms. The molecule has 1 N–H and O–H groups in total. The van der Waals surface area contributed by atoms with Gasteiger partial charge in [0, 0.05) is 6.04 Å². The van der Waals surface area contributed by atoms with E-state index in [1.54, 1.807) is 6.20 Å². The molecule has 0 fully saturated rings. The van der Waals surface area contributed by atoms with Crippen LogP contribution >= 0.6 is 0 Å². The Morgan fingerprint density at radius 2 is 2.29 bits per heavy atom. The van der Waals surface area contributed by atoms with Crippen LogP contribution in [0.2, 0.25) is 0 Å². The first kappa shape index (κ1) is 10.8. The molecule has 76 valence electrons. The molecule has 0 bridgehead atoms. The van der Waals surface area contributed by atoms with Crippen LogP contribution in [0.15, 0.2) is 37.0 Å². The molecule has 0 heterocycles. The Bertz CT molecular complexity index is 291. The first-order valence-corrected chi connectivity index (χ1v) is 5.18.